The molecule has 19 heavy (non-hydrogen) atoms. The van der Waals surface area contributed by atoms with Crippen LogP contribution >= 0.6 is 0 Å². The minimum Gasteiger partial charge on any atom is -0.390 e. The lowest BCUT2D eigenvalue weighted by molar-refractivity contribution is 0.183. The zero-order valence-electron chi connectivity index (χ0n) is 10.6. The van der Waals surface area contributed by atoms with E-state index in [1.165, 1.54) is 7.11 Å². The Morgan fingerprint density at radius 2 is 1.63 bits per heavy atom. The van der Waals surface area contributed by atoms with Gasteiger partial charge in [0, 0.05) is 13.2 Å². The number of hydrogen-bond acceptors (Lipinski definition) is 3. The van der Waals surface area contributed by atoms with Crippen LogP contribution < -0.4 is 0 Å². The van der Waals surface area contributed by atoms with Crippen molar-refractivity contribution in [2.45, 2.75) is 31.7 Å². The van der Waals surface area contributed by atoms with Crippen LogP contribution in [0.5, 0.6) is 0 Å². The number of benzene rings is 1. The molecule has 0 saturated heterocycles. The Kier molecular flexibility index (Phi) is 5.99. The first-order valence-electron chi connectivity index (χ1n) is 5.99. The monoisotopic (exact) mass is 294 g/mol. The predicted molar refractivity (Wildman–Crippen MR) is 65.9 cm³/mol. The molecule has 0 saturated carbocycles. The molecule has 2 N–H and O–H groups in total. The smallest absolute Gasteiger partial charge is 0.390 e. The van der Waals surface area contributed by atoms with Crippen molar-refractivity contribution in [1.29, 1.82) is 0 Å². The molecule has 0 amide bonds. The molecule has 0 fully saturated rings. The van der Waals surface area contributed by atoms with Crippen molar-refractivity contribution in [3.8, 4) is 0 Å². The van der Waals surface area contributed by atoms with Gasteiger partial charge in [-0.05, 0) is 37.0 Å². The molecule has 3 nitrogen and oxygen atoms in total. The highest BCUT2D eigenvalue weighted by molar-refractivity contribution is 6.57. The first kappa shape index (κ1) is 16.2. The van der Waals surface area contributed by atoms with Crippen LogP contribution in [0.3, 0.4) is 0 Å². The van der Waals surface area contributed by atoms with Crippen LogP contribution in [0.1, 0.15) is 24.8 Å². The van der Waals surface area contributed by atoms with Crippen molar-refractivity contribution >= 4 is 8.80 Å². The highest BCUT2D eigenvalue weighted by Crippen LogP contribution is 2.17. The van der Waals surface area contributed by atoms with Gasteiger partial charge in [-0.25, -0.2) is 13.2 Å². The van der Waals surface area contributed by atoms with Gasteiger partial charge in [-0.1, -0.05) is 6.42 Å². The second-order valence-electron chi connectivity index (χ2n) is 4.38. The van der Waals surface area contributed by atoms with Crippen LogP contribution in [0.15, 0.2) is 12.1 Å². The molecule has 0 spiro atoms. The van der Waals surface area contributed by atoms with Crippen molar-refractivity contribution < 1.29 is 27.2 Å². The number of rotatable bonds is 7. The first-order valence-corrected chi connectivity index (χ1v) is 8.00. The summed E-state index contributed by atoms with van der Waals surface area (Å²) >= 11 is 0. The van der Waals surface area contributed by atoms with Crippen molar-refractivity contribution in [3.05, 3.63) is 35.1 Å². The Morgan fingerprint density at radius 1 is 1.05 bits per heavy atom. The second kappa shape index (κ2) is 7.04. The molecule has 108 valence electrons. The third-order valence-corrected chi connectivity index (χ3v) is 4.50. The summed E-state index contributed by atoms with van der Waals surface area (Å²) in [6.45, 7) is 0. The maximum atomic E-state index is 12.9. The van der Waals surface area contributed by atoms with Gasteiger partial charge >= 0.3 is 8.80 Å². The zero-order valence-corrected chi connectivity index (χ0v) is 11.6. The Morgan fingerprint density at radius 3 is 2.16 bits per heavy atom. The van der Waals surface area contributed by atoms with E-state index in [0.717, 1.165) is 12.1 Å². The number of halogens is 3. The van der Waals surface area contributed by atoms with E-state index in [4.69, 9.17) is 0 Å². The molecule has 0 aliphatic carbocycles. The molecule has 0 unspecified atom stereocenters. The molecule has 0 bridgehead atoms. The largest absolute Gasteiger partial charge is 0.495 e. The van der Waals surface area contributed by atoms with Crippen molar-refractivity contribution in [2.75, 3.05) is 7.11 Å². The van der Waals surface area contributed by atoms with E-state index in [0.29, 0.717) is 31.2 Å². The quantitative estimate of drug-likeness (QED) is 0.461. The van der Waals surface area contributed by atoms with E-state index in [1.54, 1.807) is 0 Å². The highest BCUT2D eigenvalue weighted by Gasteiger charge is 2.29. The predicted octanol–water partition coefficient (Wildman–Crippen LogP) is 2.39. The average Bonchev–Trinajstić information content (AvgIpc) is 2.35. The fourth-order valence-electron chi connectivity index (χ4n) is 1.72. The van der Waals surface area contributed by atoms with Crippen LogP contribution in [0, 0.1) is 17.5 Å². The third kappa shape index (κ3) is 5.31. The van der Waals surface area contributed by atoms with Crippen LogP contribution in [0.2, 0.25) is 6.04 Å². The minimum atomic E-state index is -3.50. The highest BCUT2D eigenvalue weighted by atomic mass is 28.4. The van der Waals surface area contributed by atoms with E-state index >= 15 is 0 Å². The van der Waals surface area contributed by atoms with Gasteiger partial charge in [0.05, 0.1) is 0 Å². The number of hydrogen-bond donors (Lipinski definition) is 2. The van der Waals surface area contributed by atoms with Crippen LogP contribution in [-0.4, -0.2) is 25.5 Å². The van der Waals surface area contributed by atoms with Crippen molar-refractivity contribution in [1.82, 2.24) is 0 Å². The summed E-state index contributed by atoms with van der Waals surface area (Å²) in [4.78, 5) is 18.5. The molecule has 7 heteroatoms. The summed E-state index contributed by atoms with van der Waals surface area (Å²) in [5, 5.41) is 0. The lowest BCUT2D eigenvalue weighted by Crippen LogP contribution is -2.37. The Labute approximate surface area is 111 Å². The summed E-state index contributed by atoms with van der Waals surface area (Å²) in [7, 11) is -2.26. The average molecular weight is 294 g/mol. The van der Waals surface area contributed by atoms with Crippen LogP contribution in [0.25, 0.3) is 0 Å². The molecule has 1 aromatic rings. The summed E-state index contributed by atoms with van der Waals surface area (Å²) in [5.74, 6) is -3.83. The maximum Gasteiger partial charge on any atom is 0.495 e. The van der Waals surface area contributed by atoms with E-state index in [-0.39, 0.29) is 6.04 Å². The molecule has 1 rings (SSSR count). The van der Waals surface area contributed by atoms with Gasteiger partial charge in [0.25, 0.3) is 0 Å². The molecule has 0 radical (unpaired) electrons. The molecule has 0 heterocycles. The molecule has 0 aliphatic heterocycles. The first-order chi connectivity index (χ1) is 8.85. The summed E-state index contributed by atoms with van der Waals surface area (Å²) in [6.07, 6.45) is 2.25. The lowest BCUT2D eigenvalue weighted by atomic mass is 10.1. The minimum absolute atomic E-state index is 0.190. The van der Waals surface area contributed by atoms with E-state index in [9.17, 15) is 22.8 Å². The van der Waals surface area contributed by atoms with E-state index < -0.39 is 26.3 Å². The Balaban J connectivity index is 2.34. The molecule has 1 aromatic carbocycles. The maximum absolute atomic E-state index is 12.9. The third-order valence-electron chi connectivity index (χ3n) is 2.84. The second-order valence-corrected chi connectivity index (χ2v) is 6.78. The van der Waals surface area contributed by atoms with Gasteiger partial charge in [-0.15, -0.1) is 0 Å². The SMILES string of the molecule is CO[Si](O)(O)CCCCCc1cc(F)c(F)c(F)c1. The van der Waals surface area contributed by atoms with Crippen LogP contribution in [0.4, 0.5) is 13.2 Å². The van der Waals surface area contributed by atoms with Crippen molar-refractivity contribution in [3.63, 3.8) is 0 Å². The molecule has 0 aliphatic rings. The fourth-order valence-corrected chi connectivity index (χ4v) is 2.63. The standard InChI is InChI=1S/C12H17F3O3Si/c1-18-19(16,17)6-4-2-3-5-9-7-10(13)12(15)11(14)8-9/h7-8,16-17H,2-6H2,1H3. The molecular formula is C12H17F3O3Si. The summed E-state index contributed by atoms with van der Waals surface area (Å²) in [5.41, 5.74) is 0.389. The topological polar surface area (TPSA) is 49.7 Å². The fraction of sp³-hybridized carbons (Fsp3) is 0.500. The Bertz CT molecular complexity index is 404. The molecule has 0 aromatic heterocycles. The van der Waals surface area contributed by atoms with Gasteiger partial charge in [0.2, 0.25) is 0 Å². The van der Waals surface area contributed by atoms with Gasteiger partial charge in [-0.2, -0.15) is 0 Å². The van der Waals surface area contributed by atoms with Gasteiger partial charge in [-0.3, -0.25) is 0 Å². The summed E-state index contributed by atoms with van der Waals surface area (Å²) < 4.78 is 43.1. The lowest BCUT2D eigenvalue weighted by Gasteiger charge is -2.13. The van der Waals surface area contributed by atoms with Gasteiger partial charge < -0.3 is 14.0 Å². The normalized spacial score (nSPS) is 11.9. The Hall–Kier alpha value is -0.893. The van der Waals surface area contributed by atoms with Crippen molar-refractivity contribution in [2.24, 2.45) is 0 Å². The van der Waals surface area contributed by atoms with E-state index in [2.05, 4.69) is 4.43 Å². The van der Waals surface area contributed by atoms with Gasteiger partial charge in [0.1, 0.15) is 0 Å². The van der Waals surface area contributed by atoms with E-state index in [1.807, 2.05) is 0 Å². The number of aryl methyl sites for hydroxylation is 1. The van der Waals surface area contributed by atoms with Gasteiger partial charge in [0.15, 0.2) is 17.5 Å². The zero-order chi connectivity index (χ0) is 14.5. The molecular weight excluding hydrogens is 277 g/mol. The van der Waals surface area contributed by atoms with Crippen LogP contribution in [-0.2, 0) is 10.8 Å². The number of unbranched alkanes of at least 4 members (excludes halogenated alkanes) is 2. The summed E-state index contributed by atoms with van der Waals surface area (Å²) in [6, 6.07) is 2.14. The molecule has 0 atom stereocenters.